The molecule has 0 saturated carbocycles. The standard InChI is InChI=1S/C15H22N4O3S2/c1-17-14(23)11-10-12(16-13(11)19(2-6-20)15(17)21)24-9-5-18-3-7-22-8-4-18/h20H,2-10H2,1H3. The Morgan fingerprint density at radius 3 is 2.79 bits per heavy atom. The molecule has 2 aliphatic heterocycles. The second kappa shape index (κ2) is 7.92. The number of ether oxygens (including phenoxy) is 1. The van der Waals surface area contributed by atoms with Crippen molar-refractivity contribution >= 4 is 34.8 Å². The highest BCUT2D eigenvalue weighted by molar-refractivity contribution is 8.14. The second-order valence-electron chi connectivity index (χ2n) is 5.81. The lowest BCUT2D eigenvalue weighted by Gasteiger charge is -2.26. The van der Waals surface area contributed by atoms with Crippen molar-refractivity contribution in [2.75, 3.05) is 45.2 Å². The second-order valence-corrected chi connectivity index (χ2v) is 7.36. The number of rotatable bonds is 5. The van der Waals surface area contributed by atoms with Gasteiger partial charge in [-0.05, 0) is 0 Å². The van der Waals surface area contributed by atoms with Gasteiger partial charge in [0.15, 0.2) is 0 Å². The molecule has 24 heavy (non-hydrogen) atoms. The smallest absolute Gasteiger partial charge is 0.330 e. The van der Waals surface area contributed by atoms with E-state index in [0.717, 1.165) is 49.2 Å². The van der Waals surface area contributed by atoms with Gasteiger partial charge in [0.25, 0.3) is 0 Å². The van der Waals surface area contributed by atoms with Crippen LogP contribution in [0.25, 0.3) is 0 Å². The van der Waals surface area contributed by atoms with Crippen molar-refractivity contribution in [3.8, 4) is 0 Å². The van der Waals surface area contributed by atoms with Crippen LogP contribution in [0.1, 0.15) is 5.56 Å². The normalized spacial score (nSPS) is 17.8. The highest BCUT2D eigenvalue weighted by Gasteiger charge is 2.23. The van der Waals surface area contributed by atoms with Crippen LogP contribution in [0.5, 0.6) is 0 Å². The minimum Gasteiger partial charge on any atom is -0.395 e. The molecule has 1 N–H and O–H groups in total. The van der Waals surface area contributed by atoms with Gasteiger partial charge in [-0.1, -0.05) is 12.2 Å². The third-order valence-electron chi connectivity index (χ3n) is 4.27. The molecule has 7 nitrogen and oxygen atoms in total. The summed E-state index contributed by atoms with van der Waals surface area (Å²) in [6.07, 6.45) is 0.668. The lowest BCUT2D eigenvalue weighted by molar-refractivity contribution is 0.0410. The molecule has 0 aliphatic carbocycles. The van der Waals surface area contributed by atoms with Gasteiger partial charge in [0.1, 0.15) is 10.5 Å². The summed E-state index contributed by atoms with van der Waals surface area (Å²) >= 11 is 7.12. The Hall–Kier alpha value is -1.00. The van der Waals surface area contributed by atoms with Crippen LogP contribution in [-0.4, -0.2) is 69.4 Å². The van der Waals surface area contributed by atoms with Crippen LogP contribution in [0, 0.1) is 4.64 Å². The zero-order chi connectivity index (χ0) is 17.1. The van der Waals surface area contributed by atoms with Crippen molar-refractivity contribution < 1.29 is 9.84 Å². The van der Waals surface area contributed by atoms with Crippen molar-refractivity contribution in [3.63, 3.8) is 0 Å². The van der Waals surface area contributed by atoms with E-state index in [1.54, 1.807) is 18.8 Å². The first-order valence-electron chi connectivity index (χ1n) is 8.06. The zero-order valence-corrected chi connectivity index (χ0v) is 15.4. The van der Waals surface area contributed by atoms with Crippen LogP contribution >= 0.6 is 24.0 Å². The van der Waals surface area contributed by atoms with Gasteiger partial charge in [-0.3, -0.25) is 14.0 Å². The molecule has 3 rings (SSSR count). The quantitative estimate of drug-likeness (QED) is 0.764. The maximum atomic E-state index is 12.3. The molecular weight excluding hydrogens is 348 g/mol. The summed E-state index contributed by atoms with van der Waals surface area (Å²) < 4.78 is 8.87. The highest BCUT2D eigenvalue weighted by Crippen LogP contribution is 2.30. The van der Waals surface area contributed by atoms with Gasteiger partial charge in [-0.25, -0.2) is 9.79 Å². The van der Waals surface area contributed by atoms with E-state index in [2.05, 4.69) is 9.89 Å². The molecule has 0 bridgehead atoms. The van der Waals surface area contributed by atoms with Crippen LogP contribution in [-0.2, 0) is 24.8 Å². The fourth-order valence-electron chi connectivity index (χ4n) is 2.91. The predicted octanol–water partition coefficient (Wildman–Crippen LogP) is 0.560. The largest absolute Gasteiger partial charge is 0.395 e. The summed E-state index contributed by atoms with van der Waals surface area (Å²) in [6, 6.07) is 0. The highest BCUT2D eigenvalue weighted by atomic mass is 32.2. The molecule has 0 atom stereocenters. The van der Waals surface area contributed by atoms with E-state index in [-0.39, 0.29) is 18.8 Å². The summed E-state index contributed by atoms with van der Waals surface area (Å²) in [7, 11) is 1.67. The number of fused-ring (bicyclic) bond motifs is 1. The van der Waals surface area contributed by atoms with Crippen LogP contribution in [0.15, 0.2) is 9.79 Å². The minimum absolute atomic E-state index is 0.0991. The molecule has 0 radical (unpaired) electrons. The van der Waals surface area contributed by atoms with Gasteiger partial charge in [-0.15, -0.1) is 11.8 Å². The van der Waals surface area contributed by atoms with E-state index in [4.69, 9.17) is 17.0 Å². The number of nitrogens with zero attached hydrogens (tertiary/aromatic N) is 4. The molecule has 0 amide bonds. The summed E-state index contributed by atoms with van der Waals surface area (Å²) in [5, 5.41) is 10.2. The van der Waals surface area contributed by atoms with Crippen LogP contribution in [0.4, 0.5) is 5.82 Å². The lowest BCUT2D eigenvalue weighted by atomic mass is 10.2. The number of aliphatic imine (C=N–C) groups is 1. The third-order valence-corrected chi connectivity index (χ3v) is 5.74. The summed E-state index contributed by atoms with van der Waals surface area (Å²) in [6.45, 7) is 4.71. The van der Waals surface area contributed by atoms with Gasteiger partial charge >= 0.3 is 5.69 Å². The molecule has 2 aliphatic rings. The molecule has 1 saturated heterocycles. The Morgan fingerprint density at radius 2 is 2.08 bits per heavy atom. The van der Waals surface area contributed by atoms with E-state index in [1.165, 1.54) is 9.13 Å². The summed E-state index contributed by atoms with van der Waals surface area (Å²) in [4.78, 5) is 19.3. The maximum Gasteiger partial charge on any atom is 0.330 e. The minimum atomic E-state index is -0.226. The number of morpholine rings is 1. The van der Waals surface area contributed by atoms with Crippen molar-refractivity contribution in [1.29, 1.82) is 0 Å². The Kier molecular flexibility index (Phi) is 5.88. The average molecular weight is 371 g/mol. The van der Waals surface area contributed by atoms with Crippen molar-refractivity contribution in [2.24, 2.45) is 12.0 Å². The van der Waals surface area contributed by atoms with E-state index in [9.17, 15) is 9.90 Å². The molecule has 1 fully saturated rings. The van der Waals surface area contributed by atoms with Crippen LogP contribution in [0.2, 0.25) is 0 Å². The Balaban J connectivity index is 1.71. The van der Waals surface area contributed by atoms with E-state index in [1.807, 2.05) is 0 Å². The first kappa shape index (κ1) is 17.8. The SMILES string of the molecule is Cn1c(=S)c2c(n(CCO)c1=O)N=C(SCCN1CCOCC1)C2. The third kappa shape index (κ3) is 3.65. The van der Waals surface area contributed by atoms with Gasteiger partial charge in [-0.2, -0.15) is 0 Å². The molecule has 9 heteroatoms. The van der Waals surface area contributed by atoms with Crippen LogP contribution in [0.3, 0.4) is 0 Å². The average Bonchev–Trinajstić information content (AvgIpc) is 3.02. The molecule has 0 unspecified atom stereocenters. The van der Waals surface area contributed by atoms with Crippen molar-refractivity contribution in [1.82, 2.24) is 14.0 Å². The first-order chi connectivity index (χ1) is 11.6. The molecule has 3 heterocycles. The first-order valence-corrected chi connectivity index (χ1v) is 9.45. The fourth-order valence-corrected chi connectivity index (χ4v) is 4.14. The van der Waals surface area contributed by atoms with Crippen molar-refractivity contribution in [2.45, 2.75) is 13.0 Å². The number of aliphatic hydroxyl groups excluding tert-OH is 1. The molecular formula is C15H22N4O3S2. The van der Waals surface area contributed by atoms with Gasteiger partial charge in [0, 0.05) is 44.4 Å². The fraction of sp³-hybridized carbons (Fsp3) is 0.667. The predicted molar refractivity (Wildman–Crippen MR) is 98.1 cm³/mol. The monoisotopic (exact) mass is 370 g/mol. The molecule has 132 valence electrons. The van der Waals surface area contributed by atoms with Gasteiger partial charge in [0.05, 0.1) is 31.4 Å². The van der Waals surface area contributed by atoms with Gasteiger partial charge < -0.3 is 9.84 Å². The molecule has 0 spiro atoms. The number of hydrogen-bond donors (Lipinski definition) is 1. The number of hydrogen-bond acceptors (Lipinski definition) is 7. The number of aliphatic hydroxyl groups is 1. The topological polar surface area (TPSA) is 72.0 Å². The van der Waals surface area contributed by atoms with Gasteiger partial charge in [0.2, 0.25) is 0 Å². The Morgan fingerprint density at radius 1 is 1.33 bits per heavy atom. The zero-order valence-electron chi connectivity index (χ0n) is 13.7. The van der Waals surface area contributed by atoms with Crippen LogP contribution < -0.4 is 5.69 Å². The molecule has 1 aromatic rings. The Bertz CT molecular complexity index is 750. The number of aromatic nitrogens is 2. The maximum absolute atomic E-state index is 12.3. The van der Waals surface area contributed by atoms with E-state index < -0.39 is 0 Å². The molecule has 0 aromatic carbocycles. The van der Waals surface area contributed by atoms with E-state index >= 15 is 0 Å². The Labute approximate surface area is 149 Å². The number of thioether (sulfide) groups is 1. The lowest BCUT2D eigenvalue weighted by Crippen LogP contribution is -2.37. The van der Waals surface area contributed by atoms with E-state index in [0.29, 0.717) is 16.9 Å². The molecule has 1 aromatic heterocycles. The summed E-state index contributed by atoms with van der Waals surface area (Å²) in [5.74, 6) is 1.57. The van der Waals surface area contributed by atoms with Crippen molar-refractivity contribution in [3.05, 3.63) is 20.7 Å². The summed E-state index contributed by atoms with van der Waals surface area (Å²) in [5.41, 5.74) is 0.686.